The zero-order chi connectivity index (χ0) is 19.7. The van der Waals surface area contributed by atoms with Gasteiger partial charge in [-0.05, 0) is 30.5 Å². The molecule has 2 N–H and O–H groups in total. The molecule has 3 atom stereocenters. The average molecular weight is 400 g/mol. The first kappa shape index (κ1) is 19.1. The molecule has 0 aliphatic carbocycles. The van der Waals surface area contributed by atoms with Crippen molar-refractivity contribution in [1.29, 1.82) is 0 Å². The molecule has 28 heavy (non-hydrogen) atoms. The molecule has 6 nitrogen and oxygen atoms in total. The highest BCUT2D eigenvalue weighted by Gasteiger charge is 2.43. The Morgan fingerprint density at radius 3 is 2.29 bits per heavy atom. The third-order valence-electron chi connectivity index (χ3n) is 5.74. The molecular weight excluding hydrogens is 374 g/mol. The Bertz CT molecular complexity index is 934. The van der Waals surface area contributed by atoms with E-state index in [0.717, 1.165) is 5.56 Å². The Hall–Kier alpha value is -2.22. The van der Waals surface area contributed by atoms with E-state index >= 15 is 0 Å². The number of nitrogens with zero attached hydrogens (tertiary/aromatic N) is 2. The summed E-state index contributed by atoms with van der Waals surface area (Å²) < 4.78 is 27.5. The molecular formula is C21H25N3O3S. The summed E-state index contributed by atoms with van der Waals surface area (Å²) in [5, 5.41) is 0. The number of benzene rings is 2. The highest BCUT2D eigenvalue weighted by atomic mass is 32.2. The number of hydrogen-bond donors (Lipinski definition) is 1. The molecule has 2 heterocycles. The fourth-order valence-electron chi connectivity index (χ4n) is 4.28. The van der Waals surface area contributed by atoms with Gasteiger partial charge in [0.25, 0.3) is 0 Å². The summed E-state index contributed by atoms with van der Waals surface area (Å²) in [6.07, 6.45) is 1.23. The molecule has 4 rings (SSSR count). The monoisotopic (exact) mass is 399 g/mol. The van der Waals surface area contributed by atoms with Gasteiger partial charge in [0.2, 0.25) is 15.9 Å². The predicted molar refractivity (Wildman–Crippen MR) is 107 cm³/mol. The Balaban J connectivity index is 1.53. The van der Waals surface area contributed by atoms with Gasteiger partial charge >= 0.3 is 0 Å². The first-order chi connectivity index (χ1) is 13.5. The minimum Gasteiger partial charge on any atom is -0.339 e. The van der Waals surface area contributed by atoms with E-state index in [4.69, 9.17) is 5.73 Å². The lowest BCUT2D eigenvalue weighted by Gasteiger charge is -2.27. The molecule has 2 aromatic carbocycles. The van der Waals surface area contributed by atoms with Crippen LogP contribution in [0.1, 0.15) is 24.3 Å². The second kappa shape index (κ2) is 7.66. The van der Waals surface area contributed by atoms with Crippen molar-refractivity contribution in [3.63, 3.8) is 0 Å². The molecule has 7 heteroatoms. The van der Waals surface area contributed by atoms with E-state index in [9.17, 15) is 13.2 Å². The van der Waals surface area contributed by atoms with Crippen LogP contribution in [-0.4, -0.2) is 55.2 Å². The van der Waals surface area contributed by atoms with E-state index < -0.39 is 16.1 Å². The Morgan fingerprint density at radius 2 is 1.61 bits per heavy atom. The normalized spacial score (nSPS) is 25.9. The van der Waals surface area contributed by atoms with Gasteiger partial charge in [-0.2, -0.15) is 4.31 Å². The SMILES string of the molecule is N[C@@H]1CN(C(=O)C2CCCN2S(=O)(=O)c2ccccc2)C[C@H]1c1ccccc1. The second-order valence-corrected chi connectivity index (χ2v) is 9.40. The molecule has 2 aliphatic heterocycles. The smallest absolute Gasteiger partial charge is 0.243 e. The largest absolute Gasteiger partial charge is 0.339 e. The minimum atomic E-state index is -3.69. The van der Waals surface area contributed by atoms with Crippen molar-refractivity contribution >= 4 is 15.9 Å². The maximum Gasteiger partial charge on any atom is 0.243 e. The van der Waals surface area contributed by atoms with Crippen LogP contribution in [0.3, 0.4) is 0 Å². The van der Waals surface area contributed by atoms with Gasteiger partial charge in [-0.3, -0.25) is 4.79 Å². The third kappa shape index (κ3) is 3.45. The minimum absolute atomic E-state index is 0.0748. The molecule has 0 saturated carbocycles. The molecule has 148 valence electrons. The molecule has 0 spiro atoms. The molecule has 1 amide bonds. The van der Waals surface area contributed by atoms with Crippen LogP contribution in [0.15, 0.2) is 65.6 Å². The Labute approximate surface area is 166 Å². The van der Waals surface area contributed by atoms with Gasteiger partial charge in [0.15, 0.2) is 0 Å². The molecule has 2 fully saturated rings. The van der Waals surface area contributed by atoms with Crippen LogP contribution in [0.4, 0.5) is 0 Å². The quantitative estimate of drug-likeness (QED) is 0.850. The zero-order valence-corrected chi connectivity index (χ0v) is 16.5. The highest BCUT2D eigenvalue weighted by Crippen LogP contribution is 2.31. The van der Waals surface area contributed by atoms with E-state index in [1.54, 1.807) is 35.2 Å². The molecule has 2 aliphatic rings. The third-order valence-corrected chi connectivity index (χ3v) is 7.67. The van der Waals surface area contributed by atoms with Gasteiger partial charge in [-0.1, -0.05) is 48.5 Å². The summed E-state index contributed by atoms with van der Waals surface area (Å²) in [6.45, 7) is 1.35. The van der Waals surface area contributed by atoms with E-state index in [1.165, 1.54) is 4.31 Å². The number of amides is 1. The van der Waals surface area contributed by atoms with E-state index in [-0.39, 0.29) is 22.8 Å². The van der Waals surface area contributed by atoms with Gasteiger partial charge in [-0.25, -0.2) is 8.42 Å². The zero-order valence-electron chi connectivity index (χ0n) is 15.6. The summed E-state index contributed by atoms with van der Waals surface area (Å²) in [5.74, 6) is -0.0587. The van der Waals surface area contributed by atoms with Crippen LogP contribution in [0.25, 0.3) is 0 Å². The molecule has 2 saturated heterocycles. The van der Waals surface area contributed by atoms with E-state index in [1.807, 2.05) is 30.3 Å². The van der Waals surface area contributed by atoms with E-state index in [0.29, 0.717) is 32.5 Å². The van der Waals surface area contributed by atoms with Gasteiger partial charge in [0.1, 0.15) is 6.04 Å². The van der Waals surface area contributed by atoms with Crippen molar-refractivity contribution in [2.75, 3.05) is 19.6 Å². The Kier molecular flexibility index (Phi) is 5.23. The van der Waals surface area contributed by atoms with Crippen LogP contribution >= 0.6 is 0 Å². The number of carbonyl (C=O) groups is 1. The molecule has 0 radical (unpaired) electrons. The van der Waals surface area contributed by atoms with Crippen molar-refractivity contribution in [3.05, 3.63) is 66.2 Å². The van der Waals surface area contributed by atoms with E-state index in [2.05, 4.69) is 0 Å². The van der Waals surface area contributed by atoms with Crippen molar-refractivity contribution in [2.24, 2.45) is 5.73 Å². The molecule has 1 unspecified atom stereocenters. The van der Waals surface area contributed by atoms with Crippen molar-refractivity contribution < 1.29 is 13.2 Å². The number of likely N-dealkylation sites (tertiary alicyclic amines) is 1. The van der Waals surface area contributed by atoms with Crippen LogP contribution in [0, 0.1) is 0 Å². The van der Waals surface area contributed by atoms with Gasteiger partial charge < -0.3 is 10.6 Å². The highest BCUT2D eigenvalue weighted by molar-refractivity contribution is 7.89. The number of sulfonamides is 1. The second-order valence-electron chi connectivity index (χ2n) is 7.51. The summed E-state index contributed by atoms with van der Waals surface area (Å²) in [5.41, 5.74) is 7.44. The fourth-order valence-corrected chi connectivity index (χ4v) is 5.95. The molecule has 0 bridgehead atoms. The van der Waals surface area contributed by atoms with Crippen molar-refractivity contribution in [1.82, 2.24) is 9.21 Å². The maximum atomic E-state index is 13.2. The van der Waals surface area contributed by atoms with Gasteiger partial charge in [0.05, 0.1) is 4.90 Å². The van der Waals surface area contributed by atoms with Crippen LogP contribution in [0.5, 0.6) is 0 Å². The van der Waals surface area contributed by atoms with Gasteiger partial charge in [-0.15, -0.1) is 0 Å². The summed E-state index contributed by atoms with van der Waals surface area (Å²) in [7, 11) is -3.69. The number of nitrogens with two attached hydrogens (primary N) is 1. The van der Waals surface area contributed by atoms with Crippen molar-refractivity contribution in [3.8, 4) is 0 Å². The lowest BCUT2D eigenvalue weighted by atomic mass is 9.95. The molecule has 0 aromatic heterocycles. The lowest BCUT2D eigenvalue weighted by molar-refractivity contribution is -0.133. The Morgan fingerprint density at radius 1 is 0.964 bits per heavy atom. The maximum absolute atomic E-state index is 13.2. The standard InChI is InChI=1S/C21H25N3O3S/c22-19-15-23(14-18(19)16-8-3-1-4-9-16)21(25)20-12-7-13-24(20)28(26,27)17-10-5-2-6-11-17/h1-6,8-11,18-20H,7,12-15,22H2/t18-,19+,20?/m0/s1. The first-order valence-corrected chi connectivity index (χ1v) is 11.1. The summed E-state index contributed by atoms with van der Waals surface area (Å²) >= 11 is 0. The topological polar surface area (TPSA) is 83.7 Å². The fraction of sp³-hybridized carbons (Fsp3) is 0.381. The van der Waals surface area contributed by atoms with Gasteiger partial charge in [0, 0.05) is 31.6 Å². The number of rotatable bonds is 4. The van der Waals surface area contributed by atoms with Crippen molar-refractivity contribution in [2.45, 2.75) is 35.7 Å². The average Bonchev–Trinajstić information content (AvgIpc) is 3.36. The first-order valence-electron chi connectivity index (χ1n) is 9.64. The summed E-state index contributed by atoms with van der Waals surface area (Å²) in [6, 6.07) is 17.5. The summed E-state index contributed by atoms with van der Waals surface area (Å²) in [4.78, 5) is 15.2. The van der Waals surface area contributed by atoms with Crippen LogP contribution < -0.4 is 5.73 Å². The number of carbonyl (C=O) groups excluding carboxylic acids is 1. The molecule has 2 aromatic rings. The number of hydrogen-bond acceptors (Lipinski definition) is 4. The van der Waals surface area contributed by atoms with Crippen LogP contribution in [-0.2, 0) is 14.8 Å². The predicted octanol–water partition coefficient (Wildman–Crippen LogP) is 1.79. The lowest BCUT2D eigenvalue weighted by Crippen LogP contribution is -2.47. The van der Waals surface area contributed by atoms with Crippen LogP contribution in [0.2, 0.25) is 0 Å².